The molecule has 0 atom stereocenters. The molecule has 0 fully saturated rings. The Morgan fingerprint density at radius 1 is 1.18 bits per heavy atom. The average Bonchev–Trinajstić information content (AvgIpc) is 2.63. The van der Waals surface area contributed by atoms with Gasteiger partial charge in [-0.1, -0.05) is 17.7 Å². The van der Waals surface area contributed by atoms with Crippen molar-refractivity contribution in [2.24, 2.45) is 5.10 Å². The summed E-state index contributed by atoms with van der Waals surface area (Å²) in [6.07, 6.45) is -3.32. The quantitative estimate of drug-likeness (QED) is 0.444. The van der Waals surface area contributed by atoms with E-state index in [9.17, 15) is 22.8 Å². The molecule has 0 spiro atoms. The van der Waals surface area contributed by atoms with Crippen LogP contribution in [0.15, 0.2) is 47.6 Å². The molecule has 2 rings (SSSR count). The van der Waals surface area contributed by atoms with Crippen molar-refractivity contribution in [2.75, 3.05) is 11.9 Å². The molecule has 0 aliphatic carbocycles. The molecule has 6 nitrogen and oxygen atoms in total. The monoisotopic (exact) mass is 413 g/mol. The maximum absolute atomic E-state index is 12.7. The smallest absolute Gasteiger partial charge is 0.416 e. The van der Waals surface area contributed by atoms with Gasteiger partial charge in [-0.05, 0) is 48.9 Å². The van der Waals surface area contributed by atoms with Gasteiger partial charge in [0.1, 0.15) is 5.75 Å². The van der Waals surface area contributed by atoms with Crippen molar-refractivity contribution in [3.63, 3.8) is 0 Å². The van der Waals surface area contributed by atoms with Crippen LogP contribution in [0.3, 0.4) is 0 Å². The topological polar surface area (TPSA) is 79.8 Å². The first-order chi connectivity index (χ1) is 13.2. The standard InChI is InChI=1S/C18H15ClF3N3O3/c1-2-28-15-7-6-11(8-14(15)19)10-23-25-17(27)16(26)24-13-5-3-4-12(9-13)18(20,21)22/h3-10H,2H2,1H3,(H,24,26)(H,25,27)/b23-10-. The number of carbonyl (C=O) groups is 2. The molecule has 0 unspecified atom stereocenters. The van der Waals surface area contributed by atoms with E-state index in [0.29, 0.717) is 22.9 Å². The van der Waals surface area contributed by atoms with Crippen molar-refractivity contribution in [2.45, 2.75) is 13.1 Å². The number of hydrogen-bond acceptors (Lipinski definition) is 4. The molecule has 148 valence electrons. The summed E-state index contributed by atoms with van der Waals surface area (Å²) in [6, 6.07) is 8.71. The molecule has 0 aromatic heterocycles. The number of nitrogens with one attached hydrogen (secondary N) is 2. The number of amides is 2. The summed E-state index contributed by atoms with van der Waals surface area (Å²) in [6.45, 7) is 2.26. The predicted molar refractivity (Wildman–Crippen MR) is 98.4 cm³/mol. The van der Waals surface area contributed by atoms with E-state index in [1.54, 1.807) is 18.2 Å². The van der Waals surface area contributed by atoms with Gasteiger partial charge in [0.05, 0.1) is 23.4 Å². The fourth-order valence-corrected chi connectivity index (χ4v) is 2.29. The van der Waals surface area contributed by atoms with Gasteiger partial charge < -0.3 is 10.1 Å². The lowest BCUT2D eigenvalue weighted by Crippen LogP contribution is -2.32. The Labute approximate surface area is 163 Å². The van der Waals surface area contributed by atoms with Gasteiger partial charge in [0.25, 0.3) is 0 Å². The Bertz CT molecular complexity index is 901. The van der Waals surface area contributed by atoms with E-state index in [-0.39, 0.29) is 5.69 Å². The molecule has 28 heavy (non-hydrogen) atoms. The molecular formula is C18H15ClF3N3O3. The molecule has 2 N–H and O–H groups in total. The van der Waals surface area contributed by atoms with Crippen LogP contribution < -0.4 is 15.5 Å². The number of benzene rings is 2. The number of alkyl halides is 3. The van der Waals surface area contributed by atoms with Crippen LogP contribution in [0.5, 0.6) is 5.75 Å². The van der Waals surface area contributed by atoms with Gasteiger partial charge in [0.15, 0.2) is 0 Å². The Morgan fingerprint density at radius 3 is 2.57 bits per heavy atom. The second-order valence-electron chi connectivity index (χ2n) is 5.35. The summed E-state index contributed by atoms with van der Waals surface area (Å²) in [4.78, 5) is 23.5. The fourth-order valence-electron chi connectivity index (χ4n) is 2.05. The molecule has 0 saturated heterocycles. The van der Waals surface area contributed by atoms with E-state index in [1.165, 1.54) is 12.3 Å². The number of anilines is 1. The maximum atomic E-state index is 12.7. The molecule has 0 aliphatic rings. The zero-order chi connectivity index (χ0) is 20.7. The lowest BCUT2D eigenvalue weighted by molar-refractivity contribution is -0.137. The molecular weight excluding hydrogens is 399 g/mol. The van der Waals surface area contributed by atoms with Gasteiger partial charge in [0, 0.05) is 5.69 Å². The van der Waals surface area contributed by atoms with E-state index in [1.807, 2.05) is 12.3 Å². The maximum Gasteiger partial charge on any atom is 0.416 e. The average molecular weight is 414 g/mol. The van der Waals surface area contributed by atoms with Crippen molar-refractivity contribution in [3.8, 4) is 5.75 Å². The number of rotatable bonds is 5. The van der Waals surface area contributed by atoms with Crippen LogP contribution in [0.4, 0.5) is 18.9 Å². The zero-order valence-corrected chi connectivity index (χ0v) is 15.3. The summed E-state index contributed by atoms with van der Waals surface area (Å²) >= 11 is 6.02. The third kappa shape index (κ3) is 5.98. The normalized spacial score (nSPS) is 11.3. The lowest BCUT2D eigenvalue weighted by atomic mass is 10.2. The minimum atomic E-state index is -4.56. The Morgan fingerprint density at radius 2 is 1.93 bits per heavy atom. The molecule has 2 aromatic carbocycles. The number of hydrogen-bond donors (Lipinski definition) is 2. The van der Waals surface area contributed by atoms with Crippen LogP contribution in [-0.4, -0.2) is 24.6 Å². The van der Waals surface area contributed by atoms with Crippen LogP contribution in [0.25, 0.3) is 0 Å². The van der Waals surface area contributed by atoms with Crippen molar-refractivity contribution >= 4 is 35.3 Å². The van der Waals surface area contributed by atoms with Crippen LogP contribution in [0.1, 0.15) is 18.1 Å². The van der Waals surface area contributed by atoms with Crippen LogP contribution in [-0.2, 0) is 15.8 Å². The van der Waals surface area contributed by atoms with Gasteiger partial charge in [-0.2, -0.15) is 18.3 Å². The summed E-state index contributed by atoms with van der Waals surface area (Å²) in [7, 11) is 0. The first-order valence-electron chi connectivity index (χ1n) is 7.94. The Kier molecular flexibility index (Phi) is 7.00. The van der Waals surface area contributed by atoms with Crippen LogP contribution in [0, 0.1) is 0 Å². The Balaban J connectivity index is 1.95. The van der Waals surface area contributed by atoms with Crippen LogP contribution >= 0.6 is 11.6 Å². The number of halogens is 4. The van der Waals surface area contributed by atoms with Crippen molar-refractivity contribution in [3.05, 3.63) is 58.6 Å². The first-order valence-corrected chi connectivity index (χ1v) is 8.32. The lowest BCUT2D eigenvalue weighted by Gasteiger charge is -2.09. The minimum Gasteiger partial charge on any atom is -0.492 e. The van der Waals surface area contributed by atoms with Crippen molar-refractivity contribution in [1.29, 1.82) is 0 Å². The summed E-state index contributed by atoms with van der Waals surface area (Å²) in [5.74, 6) is -1.82. The van der Waals surface area contributed by atoms with E-state index in [0.717, 1.165) is 18.2 Å². The van der Waals surface area contributed by atoms with E-state index < -0.39 is 23.6 Å². The number of hydrazone groups is 1. The third-order valence-corrected chi connectivity index (χ3v) is 3.58. The molecule has 2 amide bonds. The van der Waals surface area contributed by atoms with Crippen molar-refractivity contribution in [1.82, 2.24) is 5.43 Å². The third-order valence-electron chi connectivity index (χ3n) is 3.29. The summed E-state index contributed by atoms with van der Waals surface area (Å²) in [5, 5.41) is 6.03. The molecule has 0 saturated carbocycles. The molecule has 0 radical (unpaired) electrons. The molecule has 0 aliphatic heterocycles. The molecule has 0 heterocycles. The molecule has 2 aromatic rings. The largest absolute Gasteiger partial charge is 0.492 e. The predicted octanol–water partition coefficient (Wildman–Crippen LogP) is 3.85. The van der Waals surface area contributed by atoms with Gasteiger partial charge in [-0.3, -0.25) is 9.59 Å². The fraction of sp³-hybridized carbons (Fsp3) is 0.167. The highest BCUT2D eigenvalue weighted by molar-refractivity contribution is 6.39. The van der Waals surface area contributed by atoms with Gasteiger partial charge in [0.2, 0.25) is 0 Å². The van der Waals surface area contributed by atoms with E-state index in [2.05, 4.69) is 10.4 Å². The van der Waals surface area contributed by atoms with Crippen LogP contribution in [0.2, 0.25) is 5.02 Å². The summed E-state index contributed by atoms with van der Waals surface area (Å²) < 4.78 is 43.3. The number of ether oxygens (including phenoxy) is 1. The SMILES string of the molecule is CCOc1ccc(/C=N\NC(=O)C(=O)Nc2cccc(C(F)(F)F)c2)cc1Cl. The van der Waals surface area contributed by atoms with Gasteiger partial charge >= 0.3 is 18.0 Å². The number of carbonyl (C=O) groups excluding carboxylic acids is 2. The highest BCUT2D eigenvalue weighted by atomic mass is 35.5. The van der Waals surface area contributed by atoms with Crippen molar-refractivity contribution < 1.29 is 27.5 Å². The Hall–Kier alpha value is -3.07. The van der Waals surface area contributed by atoms with E-state index >= 15 is 0 Å². The zero-order valence-electron chi connectivity index (χ0n) is 14.5. The molecule has 0 bridgehead atoms. The summed E-state index contributed by atoms with van der Waals surface area (Å²) in [5.41, 5.74) is 1.39. The number of nitrogens with zero attached hydrogens (tertiary/aromatic N) is 1. The van der Waals surface area contributed by atoms with Gasteiger partial charge in [-0.25, -0.2) is 5.43 Å². The first kappa shape index (κ1) is 21.2. The minimum absolute atomic E-state index is 0.169. The highest BCUT2D eigenvalue weighted by Crippen LogP contribution is 2.30. The van der Waals surface area contributed by atoms with Gasteiger partial charge in [-0.15, -0.1) is 0 Å². The second kappa shape index (κ2) is 9.23. The van der Waals surface area contributed by atoms with E-state index in [4.69, 9.17) is 16.3 Å². The molecule has 10 heteroatoms. The highest BCUT2D eigenvalue weighted by Gasteiger charge is 2.30. The second-order valence-corrected chi connectivity index (χ2v) is 5.76.